The van der Waals surface area contributed by atoms with E-state index in [1.54, 1.807) is 6.08 Å². The minimum absolute atomic E-state index is 1.25. The number of nitrogens with zero attached hydrogens (tertiary/aromatic N) is 1. The van der Waals surface area contributed by atoms with Gasteiger partial charge in [-0.25, -0.2) is 0 Å². The van der Waals surface area contributed by atoms with Crippen molar-refractivity contribution in [2.45, 2.75) is 0 Å². The molecular weight excluding hydrogens is 112 g/mol. The van der Waals surface area contributed by atoms with Crippen LogP contribution in [-0.4, -0.2) is 25.2 Å². The zero-order valence-corrected chi connectivity index (χ0v) is 5.83. The van der Waals surface area contributed by atoms with Crippen LogP contribution in [-0.2, 0) is 0 Å². The Labute approximate surface area is 56.0 Å². The molecule has 2 heteroatoms. The van der Waals surface area contributed by atoms with E-state index in [0.717, 1.165) is 0 Å². The topological polar surface area (TPSA) is 27.1 Å². The number of nitrogens with one attached hydrogen (secondary N) is 1. The van der Waals surface area contributed by atoms with E-state index in [1.807, 2.05) is 37.3 Å². The Balaban J connectivity index is 3.46. The second kappa shape index (κ2) is 5.09. The van der Waals surface area contributed by atoms with E-state index in [-0.39, 0.29) is 0 Å². The summed E-state index contributed by atoms with van der Waals surface area (Å²) >= 11 is 0. The molecule has 50 valence electrons. The number of hydrogen-bond acceptors (Lipinski definition) is 2. The fourth-order valence-electron chi connectivity index (χ4n) is 0.342. The maximum atomic E-state index is 6.63. The molecule has 9 heavy (non-hydrogen) atoms. The van der Waals surface area contributed by atoms with Crippen LogP contribution in [0.3, 0.4) is 0 Å². The smallest absolute Gasteiger partial charge is 0.0177 e. The normalized spacial score (nSPS) is 10.9. The molecule has 0 saturated carbocycles. The standard InChI is InChI=1S/C7H12N2/c1-9(2)7-5-3-4-6-8/h3-8H,1-2H3/b4-3-,7-5+,8-6?. The predicted molar refractivity (Wildman–Crippen MR) is 40.8 cm³/mol. The van der Waals surface area contributed by atoms with Gasteiger partial charge >= 0.3 is 0 Å². The van der Waals surface area contributed by atoms with Gasteiger partial charge in [-0.15, -0.1) is 0 Å². The molecule has 0 aliphatic rings. The molecule has 0 aliphatic carbocycles. The highest BCUT2D eigenvalue weighted by Crippen LogP contribution is 1.77. The average Bonchev–Trinajstić information content (AvgIpc) is 1.80. The Kier molecular flexibility index (Phi) is 4.50. The van der Waals surface area contributed by atoms with Crippen LogP contribution < -0.4 is 0 Å². The van der Waals surface area contributed by atoms with Crippen LogP contribution >= 0.6 is 0 Å². The Bertz CT molecular complexity index is 123. The van der Waals surface area contributed by atoms with Gasteiger partial charge in [0.05, 0.1) is 0 Å². The first-order valence-electron chi connectivity index (χ1n) is 2.77. The summed E-state index contributed by atoms with van der Waals surface area (Å²) in [5.74, 6) is 0. The van der Waals surface area contributed by atoms with E-state index >= 15 is 0 Å². The lowest BCUT2D eigenvalue weighted by molar-refractivity contribution is 0.564. The van der Waals surface area contributed by atoms with Gasteiger partial charge in [-0.05, 0) is 18.4 Å². The molecule has 0 amide bonds. The van der Waals surface area contributed by atoms with Gasteiger partial charge in [0.25, 0.3) is 0 Å². The van der Waals surface area contributed by atoms with Crippen molar-refractivity contribution >= 4 is 6.21 Å². The van der Waals surface area contributed by atoms with Crippen LogP contribution in [0.15, 0.2) is 24.4 Å². The minimum Gasteiger partial charge on any atom is -0.383 e. The second-order valence-electron chi connectivity index (χ2n) is 1.86. The van der Waals surface area contributed by atoms with E-state index in [9.17, 15) is 0 Å². The van der Waals surface area contributed by atoms with E-state index in [0.29, 0.717) is 0 Å². The first-order valence-corrected chi connectivity index (χ1v) is 2.77. The quantitative estimate of drug-likeness (QED) is 0.445. The highest BCUT2D eigenvalue weighted by Gasteiger charge is 1.69. The molecule has 0 aromatic heterocycles. The molecule has 0 bridgehead atoms. The molecule has 0 fully saturated rings. The molecule has 2 nitrogen and oxygen atoms in total. The van der Waals surface area contributed by atoms with E-state index in [2.05, 4.69) is 0 Å². The summed E-state index contributed by atoms with van der Waals surface area (Å²) < 4.78 is 0. The molecular formula is C7H12N2. The Morgan fingerprint density at radius 3 is 2.22 bits per heavy atom. The van der Waals surface area contributed by atoms with Crippen molar-refractivity contribution in [2.24, 2.45) is 0 Å². The fourth-order valence-corrected chi connectivity index (χ4v) is 0.342. The minimum atomic E-state index is 1.25. The SMILES string of the molecule is CN(C)/C=C/C=C\C=N. The Morgan fingerprint density at radius 1 is 1.11 bits per heavy atom. The lowest BCUT2D eigenvalue weighted by atomic mass is 10.5. The van der Waals surface area contributed by atoms with Crippen molar-refractivity contribution in [3.63, 3.8) is 0 Å². The molecule has 0 unspecified atom stereocenters. The van der Waals surface area contributed by atoms with Gasteiger partial charge in [-0.1, -0.05) is 6.08 Å². The largest absolute Gasteiger partial charge is 0.383 e. The van der Waals surface area contributed by atoms with Crippen LogP contribution in [0.2, 0.25) is 0 Å². The number of allylic oxidation sites excluding steroid dienone is 3. The van der Waals surface area contributed by atoms with Gasteiger partial charge in [-0.2, -0.15) is 0 Å². The number of hydrogen-bond donors (Lipinski definition) is 1. The molecule has 0 spiro atoms. The lowest BCUT2D eigenvalue weighted by Crippen LogP contribution is -1.99. The molecule has 0 heterocycles. The van der Waals surface area contributed by atoms with E-state index in [1.165, 1.54) is 6.21 Å². The molecule has 0 aromatic rings. The highest BCUT2D eigenvalue weighted by molar-refractivity contribution is 5.67. The van der Waals surface area contributed by atoms with Crippen molar-refractivity contribution in [2.75, 3.05) is 14.1 Å². The van der Waals surface area contributed by atoms with Crippen LogP contribution in [0.1, 0.15) is 0 Å². The zero-order valence-electron chi connectivity index (χ0n) is 5.83. The maximum absolute atomic E-state index is 6.63. The van der Waals surface area contributed by atoms with Crippen LogP contribution in [0.25, 0.3) is 0 Å². The Morgan fingerprint density at radius 2 is 1.78 bits per heavy atom. The lowest BCUT2D eigenvalue weighted by Gasteiger charge is -2.00. The molecule has 0 rings (SSSR count). The third-order valence-corrected chi connectivity index (χ3v) is 0.703. The predicted octanol–water partition coefficient (Wildman–Crippen LogP) is 1.27. The van der Waals surface area contributed by atoms with Gasteiger partial charge in [0.1, 0.15) is 0 Å². The van der Waals surface area contributed by atoms with E-state index in [4.69, 9.17) is 5.41 Å². The molecule has 0 atom stereocenters. The summed E-state index contributed by atoms with van der Waals surface area (Å²) in [6.07, 6.45) is 8.53. The summed E-state index contributed by atoms with van der Waals surface area (Å²) in [7, 11) is 3.91. The van der Waals surface area contributed by atoms with E-state index < -0.39 is 0 Å². The van der Waals surface area contributed by atoms with Crippen LogP contribution in [0.4, 0.5) is 0 Å². The van der Waals surface area contributed by atoms with Crippen molar-refractivity contribution in [1.29, 1.82) is 5.41 Å². The maximum Gasteiger partial charge on any atom is 0.0177 e. The van der Waals surface area contributed by atoms with Crippen molar-refractivity contribution in [3.05, 3.63) is 24.4 Å². The molecule has 0 aliphatic heterocycles. The summed E-state index contributed by atoms with van der Waals surface area (Å²) in [6, 6.07) is 0. The van der Waals surface area contributed by atoms with Crippen molar-refractivity contribution in [1.82, 2.24) is 4.90 Å². The van der Waals surface area contributed by atoms with Crippen molar-refractivity contribution in [3.8, 4) is 0 Å². The van der Waals surface area contributed by atoms with Gasteiger partial charge in [0.15, 0.2) is 0 Å². The van der Waals surface area contributed by atoms with Crippen molar-refractivity contribution < 1.29 is 0 Å². The van der Waals surface area contributed by atoms with Gasteiger partial charge < -0.3 is 10.3 Å². The third kappa shape index (κ3) is 6.95. The van der Waals surface area contributed by atoms with Crippen LogP contribution in [0.5, 0.6) is 0 Å². The third-order valence-electron chi connectivity index (χ3n) is 0.703. The monoisotopic (exact) mass is 124 g/mol. The summed E-state index contributed by atoms with van der Waals surface area (Å²) in [5.41, 5.74) is 0. The summed E-state index contributed by atoms with van der Waals surface area (Å²) in [6.45, 7) is 0. The second-order valence-corrected chi connectivity index (χ2v) is 1.86. The highest BCUT2D eigenvalue weighted by atomic mass is 15.0. The van der Waals surface area contributed by atoms with Gasteiger partial charge in [0, 0.05) is 20.3 Å². The number of rotatable bonds is 3. The average molecular weight is 124 g/mol. The first-order chi connectivity index (χ1) is 4.27. The zero-order chi connectivity index (χ0) is 7.11. The Hall–Kier alpha value is -1.05. The van der Waals surface area contributed by atoms with Gasteiger partial charge in [0.2, 0.25) is 0 Å². The van der Waals surface area contributed by atoms with Gasteiger partial charge in [-0.3, -0.25) is 0 Å². The summed E-state index contributed by atoms with van der Waals surface area (Å²) in [5, 5.41) is 6.63. The summed E-state index contributed by atoms with van der Waals surface area (Å²) in [4.78, 5) is 1.94. The molecule has 0 saturated heterocycles. The molecule has 1 N–H and O–H groups in total. The molecule has 0 radical (unpaired) electrons. The first kappa shape index (κ1) is 7.95. The fraction of sp³-hybridized carbons (Fsp3) is 0.286. The molecule has 0 aromatic carbocycles. The van der Waals surface area contributed by atoms with Crippen LogP contribution in [0, 0.1) is 5.41 Å².